The highest BCUT2D eigenvalue weighted by Gasteiger charge is 2.19. The van der Waals surface area contributed by atoms with Crippen molar-refractivity contribution in [3.63, 3.8) is 0 Å². The molecule has 1 aromatic carbocycles. The average molecular weight is 393 g/mol. The van der Waals surface area contributed by atoms with Crippen molar-refractivity contribution in [1.29, 1.82) is 0 Å². The van der Waals surface area contributed by atoms with Gasteiger partial charge in [-0.2, -0.15) is 0 Å². The van der Waals surface area contributed by atoms with Crippen molar-refractivity contribution < 1.29 is 12.8 Å². The lowest BCUT2D eigenvalue weighted by atomic mass is 10.2. The lowest BCUT2D eigenvalue weighted by Crippen LogP contribution is -2.25. The molecule has 1 heterocycles. The number of rotatable bonds is 6. The third kappa shape index (κ3) is 4.10. The minimum Gasteiger partial charge on any atom is -0.316 e. The molecule has 2 aromatic rings. The minimum atomic E-state index is -3.77. The Labute approximate surface area is 135 Å². The van der Waals surface area contributed by atoms with Crippen LogP contribution in [0.1, 0.15) is 10.4 Å². The van der Waals surface area contributed by atoms with E-state index < -0.39 is 15.8 Å². The van der Waals surface area contributed by atoms with Crippen molar-refractivity contribution in [3.05, 3.63) is 50.4 Å². The number of halogens is 2. The van der Waals surface area contributed by atoms with Gasteiger partial charge in [0.05, 0.1) is 4.90 Å². The molecule has 0 radical (unpaired) electrons. The van der Waals surface area contributed by atoms with Gasteiger partial charge in [-0.25, -0.2) is 17.5 Å². The van der Waals surface area contributed by atoms with E-state index in [2.05, 4.69) is 26.0 Å². The fourth-order valence-corrected chi connectivity index (χ4v) is 4.57. The van der Waals surface area contributed by atoms with Crippen LogP contribution in [0.3, 0.4) is 0 Å². The molecular formula is C13H14BrFN2O2S2. The largest absolute Gasteiger partial charge is 0.316 e. The van der Waals surface area contributed by atoms with Gasteiger partial charge in [-0.1, -0.05) is 6.07 Å². The smallest absolute Gasteiger partial charge is 0.241 e. The van der Waals surface area contributed by atoms with Crippen molar-refractivity contribution in [1.82, 2.24) is 10.0 Å². The van der Waals surface area contributed by atoms with E-state index >= 15 is 0 Å². The van der Waals surface area contributed by atoms with Gasteiger partial charge in [0.15, 0.2) is 0 Å². The quantitative estimate of drug-likeness (QED) is 0.794. The Morgan fingerprint density at radius 2 is 2.05 bits per heavy atom. The van der Waals surface area contributed by atoms with Crippen LogP contribution >= 0.6 is 27.3 Å². The van der Waals surface area contributed by atoms with Gasteiger partial charge in [0.2, 0.25) is 10.0 Å². The molecule has 0 saturated carbocycles. The molecule has 0 spiro atoms. The number of sulfonamides is 1. The second kappa shape index (κ2) is 6.97. The predicted molar refractivity (Wildman–Crippen MR) is 85.2 cm³/mol. The van der Waals surface area contributed by atoms with E-state index in [0.717, 1.165) is 15.4 Å². The Morgan fingerprint density at radius 3 is 2.67 bits per heavy atom. The Kier molecular flexibility index (Phi) is 5.50. The Morgan fingerprint density at radius 1 is 1.29 bits per heavy atom. The van der Waals surface area contributed by atoms with E-state index in [9.17, 15) is 12.8 Å². The van der Waals surface area contributed by atoms with E-state index in [1.54, 1.807) is 7.05 Å². The molecule has 0 aliphatic rings. The van der Waals surface area contributed by atoms with Crippen LogP contribution in [0.5, 0.6) is 0 Å². The zero-order valence-electron chi connectivity index (χ0n) is 11.2. The third-order valence-electron chi connectivity index (χ3n) is 2.80. The van der Waals surface area contributed by atoms with Crippen molar-refractivity contribution in [2.45, 2.75) is 18.0 Å². The molecule has 0 aliphatic carbocycles. The molecule has 0 fully saturated rings. The summed E-state index contributed by atoms with van der Waals surface area (Å²) in [5.41, 5.74) is 0.525. The number of hydrogen-bond acceptors (Lipinski definition) is 4. The van der Waals surface area contributed by atoms with E-state index in [1.807, 2.05) is 11.4 Å². The SMILES string of the molecule is CNCc1ccc(F)cc1S(=O)(=O)NCc1sccc1Br. The summed E-state index contributed by atoms with van der Waals surface area (Å²) in [7, 11) is -2.07. The van der Waals surface area contributed by atoms with E-state index in [1.165, 1.54) is 23.5 Å². The van der Waals surface area contributed by atoms with Gasteiger partial charge in [-0.05, 0) is 52.1 Å². The highest BCUT2D eigenvalue weighted by molar-refractivity contribution is 9.10. The molecule has 4 nitrogen and oxygen atoms in total. The Balaban J connectivity index is 2.26. The van der Waals surface area contributed by atoms with Crippen LogP contribution in [0.25, 0.3) is 0 Å². The summed E-state index contributed by atoms with van der Waals surface area (Å²) in [5, 5.41) is 4.74. The monoisotopic (exact) mass is 392 g/mol. The summed E-state index contributed by atoms with van der Waals surface area (Å²) < 4.78 is 41.5. The zero-order chi connectivity index (χ0) is 15.5. The summed E-state index contributed by atoms with van der Waals surface area (Å²) in [6.07, 6.45) is 0. The maximum Gasteiger partial charge on any atom is 0.241 e. The fraction of sp³-hybridized carbons (Fsp3) is 0.231. The average Bonchev–Trinajstić information content (AvgIpc) is 2.84. The Bertz CT molecular complexity index is 732. The van der Waals surface area contributed by atoms with Gasteiger partial charge in [0, 0.05) is 22.4 Å². The molecule has 114 valence electrons. The molecule has 0 aliphatic heterocycles. The van der Waals surface area contributed by atoms with E-state index in [4.69, 9.17) is 0 Å². The van der Waals surface area contributed by atoms with Gasteiger partial charge in [0.25, 0.3) is 0 Å². The number of thiophene rings is 1. The van der Waals surface area contributed by atoms with Crippen molar-refractivity contribution in [3.8, 4) is 0 Å². The maximum atomic E-state index is 13.4. The first kappa shape index (κ1) is 16.6. The number of nitrogens with one attached hydrogen (secondary N) is 2. The molecule has 2 rings (SSSR count). The molecule has 0 amide bonds. The maximum absolute atomic E-state index is 13.4. The van der Waals surface area contributed by atoms with E-state index in [-0.39, 0.29) is 11.4 Å². The topological polar surface area (TPSA) is 58.2 Å². The first-order valence-electron chi connectivity index (χ1n) is 6.08. The first-order valence-corrected chi connectivity index (χ1v) is 9.24. The van der Waals surface area contributed by atoms with Gasteiger partial charge >= 0.3 is 0 Å². The molecule has 0 unspecified atom stereocenters. The normalized spacial score (nSPS) is 11.8. The molecular weight excluding hydrogens is 379 g/mol. The highest BCUT2D eigenvalue weighted by Crippen LogP contribution is 2.23. The molecule has 0 saturated heterocycles. The fourth-order valence-electron chi connectivity index (χ4n) is 1.80. The van der Waals surface area contributed by atoms with Crippen molar-refractivity contribution in [2.24, 2.45) is 0 Å². The molecule has 2 N–H and O–H groups in total. The lowest BCUT2D eigenvalue weighted by Gasteiger charge is -2.11. The molecule has 8 heteroatoms. The number of benzene rings is 1. The standard InChI is InChI=1S/C13H14BrFN2O2S2/c1-16-7-9-2-3-10(15)6-13(9)21(18,19)17-8-12-11(14)4-5-20-12/h2-6,16-17H,7-8H2,1H3. The van der Waals surface area contributed by atoms with Gasteiger partial charge in [-0.15, -0.1) is 11.3 Å². The summed E-state index contributed by atoms with van der Waals surface area (Å²) in [6, 6.07) is 5.62. The summed E-state index contributed by atoms with van der Waals surface area (Å²) in [5.74, 6) is -0.576. The molecule has 0 atom stereocenters. The van der Waals surface area contributed by atoms with Crippen LogP contribution in [-0.2, 0) is 23.1 Å². The van der Waals surface area contributed by atoms with Crippen LogP contribution in [0.2, 0.25) is 0 Å². The van der Waals surface area contributed by atoms with Gasteiger partial charge in [-0.3, -0.25) is 0 Å². The van der Waals surface area contributed by atoms with Crippen LogP contribution in [-0.4, -0.2) is 15.5 Å². The van der Waals surface area contributed by atoms with Crippen molar-refractivity contribution in [2.75, 3.05) is 7.05 Å². The summed E-state index contributed by atoms with van der Waals surface area (Å²) >= 11 is 4.79. The lowest BCUT2D eigenvalue weighted by molar-refractivity contribution is 0.575. The Hall–Kier alpha value is -0.800. The highest BCUT2D eigenvalue weighted by atomic mass is 79.9. The van der Waals surface area contributed by atoms with E-state index in [0.29, 0.717) is 12.1 Å². The van der Waals surface area contributed by atoms with Crippen LogP contribution < -0.4 is 10.0 Å². The molecule has 1 aromatic heterocycles. The first-order chi connectivity index (χ1) is 9.94. The number of hydrogen-bond donors (Lipinski definition) is 2. The van der Waals surface area contributed by atoms with Gasteiger partial charge < -0.3 is 5.32 Å². The third-order valence-corrected chi connectivity index (χ3v) is 6.21. The predicted octanol–water partition coefficient (Wildman–Crippen LogP) is 2.85. The van der Waals surface area contributed by atoms with Crippen molar-refractivity contribution >= 4 is 37.3 Å². The molecule has 0 bridgehead atoms. The second-order valence-electron chi connectivity index (χ2n) is 4.30. The van der Waals surface area contributed by atoms with Crippen LogP contribution in [0.15, 0.2) is 39.0 Å². The second-order valence-corrected chi connectivity index (χ2v) is 7.89. The molecule has 21 heavy (non-hydrogen) atoms. The zero-order valence-corrected chi connectivity index (χ0v) is 14.4. The van der Waals surface area contributed by atoms with Gasteiger partial charge in [0.1, 0.15) is 5.82 Å². The summed E-state index contributed by atoms with van der Waals surface area (Å²) in [4.78, 5) is 0.828. The van der Waals surface area contributed by atoms with Crippen LogP contribution in [0, 0.1) is 5.82 Å². The van der Waals surface area contributed by atoms with Crippen LogP contribution in [0.4, 0.5) is 4.39 Å². The summed E-state index contributed by atoms with van der Waals surface area (Å²) in [6.45, 7) is 0.509. The minimum absolute atomic E-state index is 0.0375.